The van der Waals surface area contributed by atoms with Crippen LogP contribution in [0.5, 0.6) is 0 Å². The van der Waals surface area contributed by atoms with Gasteiger partial charge < -0.3 is 0 Å². The minimum atomic E-state index is -0.636. The van der Waals surface area contributed by atoms with Crippen LogP contribution in [0.2, 0.25) is 0 Å². The van der Waals surface area contributed by atoms with Crippen LogP contribution in [0, 0.1) is 18.3 Å². The summed E-state index contributed by atoms with van der Waals surface area (Å²) in [5.74, 6) is 0. The van der Waals surface area contributed by atoms with Crippen molar-refractivity contribution in [2.24, 2.45) is 0 Å². The van der Waals surface area contributed by atoms with Gasteiger partial charge in [0.15, 0.2) is 0 Å². The van der Waals surface area contributed by atoms with Crippen LogP contribution in [0.4, 0.5) is 0 Å². The molecule has 0 saturated carbocycles. The van der Waals surface area contributed by atoms with Crippen molar-refractivity contribution < 1.29 is 0 Å². The van der Waals surface area contributed by atoms with Crippen molar-refractivity contribution >= 4 is 11.3 Å². The number of H-pyrrole nitrogens is 1. The zero-order chi connectivity index (χ0) is 14.0. The second-order valence-electron chi connectivity index (χ2n) is 4.39. The monoisotopic (exact) mass is 275 g/mol. The molecule has 1 unspecified atom stereocenters. The summed E-state index contributed by atoms with van der Waals surface area (Å²) in [5.41, 5.74) is -1.17. The first kappa shape index (κ1) is 13.3. The summed E-state index contributed by atoms with van der Waals surface area (Å²) in [6.07, 6.45) is 2.02. The van der Waals surface area contributed by atoms with Gasteiger partial charge in [-0.3, -0.25) is 14.3 Å². The molecular weight excluding hydrogens is 262 g/mol. The van der Waals surface area contributed by atoms with Crippen molar-refractivity contribution in [3.63, 3.8) is 0 Å². The van der Waals surface area contributed by atoms with Gasteiger partial charge in [0.05, 0.1) is 0 Å². The van der Waals surface area contributed by atoms with Crippen LogP contribution in [0.1, 0.15) is 28.3 Å². The van der Waals surface area contributed by atoms with Gasteiger partial charge in [0, 0.05) is 28.4 Å². The van der Waals surface area contributed by atoms with Crippen molar-refractivity contribution in [2.75, 3.05) is 0 Å². The fourth-order valence-corrected chi connectivity index (χ4v) is 2.89. The Bertz CT molecular complexity index is 748. The highest BCUT2D eigenvalue weighted by atomic mass is 32.1. The molecule has 19 heavy (non-hydrogen) atoms. The molecule has 1 N–H and O–H groups in total. The third-order valence-electron chi connectivity index (χ3n) is 2.86. The quantitative estimate of drug-likeness (QED) is 0.923. The van der Waals surface area contributed by atoms with Gasteiger partial charge in [-0.2, -0.15) is 5.26 Å². The molecule has 0 fully saturated rings. The van der Waals surface area contributed by atoms with Crippen molar-refractivity contribution in [1.29, 1.82) is 5.26 Å². The Labute approximate surface area is 113 Å². The minimum Gasteiger partial charge on any atom is -0.296 e. The molecule has 5 nitrogen and oxygen atoms in total. The van der Waals surface area contributed by atoms with Crippen molar-refractivity contribution in [2.45, 2.75) is 26.3 Å². The number of nitriles is 1. The third-order valence-corrected chi connectivity index (χ3v) is 3.88. The molecule has 1 atom stereocenters. The summed E-state index contributed by atoms with van der Waals surface area (Å²) in [4.78, 5) is 27.6. The Morgan fingerprint density at radius 3 is 2.79 bits per heavy atom. The average molecular weight is 275 g/mol. The number of aromatic nitrogens is 2. The summed E-state index contributed by atoms with van der Waals surface area (Å²) >= 11 is 1.68. The first-order valence-electron chi connectivity index (χ1n) is 5.82. The molecule has 2 aromatic heterocycles. The maximum Gasteiger partial charge on any atom is 0.328 e. The topological polar surface area (TPSA) is 78.7 Å². The number of aromatic amines is 1. The predicted molar refractivity (Wildman–Crippen MR) is 73.5 cm³/mol. The molecule has 2 heterocycles. The normalized spacial score (nSPS) is 12.1. The zero-order valence-electron chi connectivity index (χ0n) is 10.6. The van der Waals surface area contributed by atoms with Gasteiger partial charge in [-0.1, -0.05) is 0 Å². The summed E-state index contributed by atoms with van der Waals surface area (Å²) < 4.78 is 1.40. The van der Waals surface area contributed by atoms with E-state index in [1.54, 1.807) is 17.4 Å². The Balaban J connectivity index is 2.34. The number of hydrogen-bond acceptors (Lipinski definition) is 4. The lowest BCUT2D eigenvalue weighted by atomic mass is 10.2. The van der Waals surface area contributed by atoms with Gasteiger partial charge in [-0.15, -0.1) is 11.3 Å². The standard InChI is InChI=1S/C13H13N3O2S/c1-8(5-11-4-3-9(2)19-11)16-7-10(6-14)12(17)15-13(16)18/h3-4,7-8H,5H2,1-2H3,(H,15,17,18). The molecule has 0 amide bonds. The van der Waals surface area contributed by atoms with E-state index in [0.29, 0.717) is 6.42 Å². The molecule has 2 aromatic rings. The Hall–Kier alpha value is -2.13. The Morgan fingerprint density at radius 2 is 2.21 bits per heavy atom. The molecule has 0 aliphatic carbocycles. The summed E-state index contributed by atoms with van der Waals surface area (Å²) in [7, 11) is 0. The van der Waals surface area contributed by atoms with E-state index in [0.717, 1.165) is 0 Å². The van der Waals surface area contributed by atoms with Gasteiger partial charge >= 0.3 is 5.69 Å². The number of thiophene rings is 1. The van der Waals surface area contributed by atoms with Crippen LogP contribution in [0.25, 0.3) is 0 Å². The van der Waals surface area contributed by atoms with E-state index in [4.69, 9.17) is 5.26 Å². The molecule has 6 heteroatoms. The average Bonchev–Trinajstić information content (AvgIpc) is 2.74. The van der Waals surface area contributed by atoms with E-state index in [1.807, 2.05) is 26.0 Å². The molecule has 0 aliphatic rings. The van der Waals surface area contributed by atoms with Crippen molar-refractivity contribution in [3.8, 4) is 6.07 Å². The smallest absolute Gasteiger partial charge is 0.296 e. The SMILES string of the molecule is Cc1ccc(CC(C)n2cc(C#N)c(=O)[nH]c2=O)s1. The molecule has 0 radical (unpaired) electrons. The van der Waals surface area contributed by atoms with Crippen LogP contribution in [-0.4, -0.2) is 9.55 Å². The molecule has 0 saturated heterocycles. The van der Waals surface area contributed by atoms with Crippen LogP contribution in [0.15, 0.2) is 27.9 Å². The Morgan fingerprint density at radius 1 is 1.47 bits per heavy atom. The maximum atomic E-state index is 11.7. The Kier molecular flexibility index (Phi) is 3.67. The fraction of sp³-hybridized carbons (Fsp3) is 0.308. The largest absolute Gasteiger partial charge is 0.328 e. The number of rotatable bonds is 3. The summed E-state index contributed by atoms with van der Waals surface area (Å²) in [5, 5.41) is 8.83. The fourth-order valence-electron chi connectivity index (χ4n) is 1.88. The number of nitrogens with one attached hydrogen (secondary N) is 1. The number of aryl methyl sites for hydroxylation is 1. The van der Waals surface area contributed by atoms with Crippen LogP contribution < -0.4 is 11.2 Å². The van der Waals surface area contributed by atoms with E-state index in [2.05, 4.69) is 4.98 Å². The first-order chi connectivity index (χ1) is 9.01. The van der Waals surface area contributed by atoms with Crippen LogP contribution >= 0.6 is 11.3 Å². The highest BCUT2D eigenvalue weighted by molar-refractivity contribution is 7.11. The van der Waals surface area contributed by atoms with Gasteiger partial charge in [-0.05, 0) is 26.0 Å². The first-order valence-corrected chi connectivity index (χ1v) is 6.64. The molecule has 98 valence electrons. The second kappa shape index (κ2) is 5.24. The zero-order valence-corrected chi connectivity index (χ0v) is 11.5. The van der Waals surface area contributed by atoms with Crippen LogP contribution in [-0.2, 0) is 6.42 Å². The highest BCUT2D eigenvalue weighted by Gasteiger charge is 2.11. The second-order valence-corrected chi connectivity index (χ2v) is 5.76. The lowest BCUT2D eigenvalue weighted by Gasteiger charge is -2.13. The number of nitrogens with zero attached hydrogens (tertiary/aromatic N) is 2. The molecule has 0 spiro atoms. The predicted octanol–water partition coefficient (Wildman–Crippen LogP) is 1.58. The molecule has 0 aromatic carbocycles. The van der Waals surface area contributed by atoms with E-state index in [-0.39, 0.29) is 11.6 Å². The molecule has 0 bridgehead atoms. The summed E-state index contributed by atoms with van der Waals surface area (Å²) in [6.45, 7) is 3.91. The van der Waals surface area contributed by atoms with Crippen molar-refractivity contribution in [1.82, 2.24) is 9.55 Å². The van der Waals surface area contributed by atoms with Gasteiger partial charge in [0.1, 0.15) is 11.6 Å². The lowest BCUT2D eigenvalue weighted by molar-refractivity contribution is 0.516. The lowest BCUT2D eigenvalue weighted by Crippen LogP contribution is -2.33. The van der Waals surface area contributed by atoms with Gasteiger partial charge in [-0.25, -0.2) is 4.79 Å². The number of hydrogen-bond donors (Lipinski definition) is 1. The van der Waals surface area contributed by atoms with Crippen molar-refractivity contribution in [3.05, 3.63) is 54.5 Å². The highest BCUT2D eigenvalue weighted by Crippen LogP contribution is 2.20. The van der Waals surface area contributed by atoms with Crippen LogP contribution in [0.3, 0.4) is 0 Å². The van der Waals surface area contributed by atoms with Gasteiger partial charge in [0.25, 0.3) is 5.56 Å². The molecule has 2 rings (SSSR count). The third kappa shape index (κ3) is 2.83. The van der Waals surface area contributed by atoms with E-state index >= 15 is 0 Å². The van der Waals surface area contributed by atoms with E-state index in [9.17, 15) is 9.59 Å². The van der Waals surface area contributed by atoms with Gasteiger partial charge in [0.2, 0.25) is 0 Å². The summed E-state index contributed by atoms with van der Waals surface area (Å²) in [6, 6.07) is 5.73. The van der Waals surface area contributed by atoms with E-state index in [1.165, 1.54) is 20.5 Å². The van der Waals surface area contributed by atoms with E-state index < -0.39 is 11.2 Å². The minimum absolute atomic E-state index is 0.0474. The maximum absolute atomic E-state index is 11.7. The molecule has 0 aliphatic heterocycles. The molecular formula is C13H13N3O2S.